The number of benzene rings is 2. The van der Waals surface area contributed by atoms with Gasteiger partial charge in [-0.15, -0.1) is 0 Å². The zero-order chi connectivity index (χ0) is 27.2. The Morgan fingerprint density at radius 2 is 1.78 bits per heavy atom. The van der Waals surface area contributed by atoms with E-state index in [0.29, 0.717) is 27.8 Å². The van der Waals surface area contributed by atoms with Crippen LogP contribution < -0.4 is 14.4 Å². The molecule has 2 amide bonds. The fourth-order valence-corrected chi connectivity index (χ4v) is 5.04. The summed E-state index contributed by atoms with van der Waals surface area (Å²) in [5.41, 5.74) is 1.60. The lowest BCUT2D eigenvalue weighted by molar-refractivity contribution is -0.140. The van der Waals surface area contributed by atoms with E-state index in [0.717, 1.165) is 16.1 Å². The summed E-state index contributed by atoms with van der Waals surface area (Å²) in [5, 5.41) is 3.61. The zero-order valence-electron chi connectivity index (χ0n) is 21.3. The summed E-state index contributed by atoms with van der Waals surface area (Å²) in [6.45, 7) is 6.69. The maximum Gasteiger partial charge on any atom is 0.244 e. The minimum absolute atomic E-state index is 0.0125. The van der Waals surface area contributed by atoms with Crippen molar-refractivity contribution in [1.82, 2.24) is 10.2 Å². The van der Waals surface area contributed by atoms with E-state index in [1.807, 2.05) is 20.8 Å². The fourth-order valence-electron chi connectivity index (χ4n) is 3.72. The lowest BCUT2D eigenvalue weighted by Crippen LogP contribution is -2.53. The number of carbonyl (C=O) groups excluding carboxylic acids is 2. The summed E-state index contributed by atoms with van der Waals surface area (Å²) in [7, 11) is -2.47. The molecule has 0 spiro atoms. The van der Waals surface area contributed by atoms with Crippen molar-refractivity contribution in [3.63, 3.8) is 0 Å². The largest absolute Gasteiger partial charge is 0.495 e. The van der Waals surface area contributed by atoms with Crippen LogP contribution in [0.2, 0.25) is 10.0 Å². The van der Waals surface area contributed by atoms with E-state index in [4.69, 9.17) is 27.9 Å². The van der Waals surface area contributed by atoms with Crippen molar-refractivity contribution >= 4 is 50.7 Å². The predicted molar refractivity (Wildman–Crippen MR) is 144 cm³/mol. The molecule has 36 heavy (non-hydrogen) atoms. The lowest BCUT2D eigenvalue weighted by Gasteiger charge is -2.33. The van der Waals surface area contributed by atoms with Gasteiger partial charge in [0.05, 0.1) is 19.1 Å². The summed E-state index contributed by atoms with van der Waals surface area (Å²) < 4.78 is 32.0. The van der Waals surface area contributed by atoms with E-state index in [-0.39, 0.29) is 24.2 Å². The molecule has 0 bridgehead atoms. The normalized spacial score (nSPS) is 12.2. The molecule has 8 nitrogen and oxygen atoms in total. The summed E-state index contributed by atoms with van der Waals surface area (Å²) in [6, 6.07) is 8.93. The highest BCUT2D eigenvalue weighted by Crippen LogP contribution is 2.31. The highest BCUT2D eigenvalue weighted by molar-refractivity contribution is 7.92. The van der Waals surface area contributed by atoms with Crippen molar-refractivity contribution in [3.8, 4) is 5.75 Å². The number of sulfonamides is 1. The Morgan fingerprint density at radius 1 is 1.11 bits per heavy atom. The molecule has 0 fully saturated rings. The van der Waals surface area contributed by atoms with Crippen LogP contribution in [0.25, 0.3) is 0 Å². The lowest BCUT2D eigenvalue weighted by atomic mass is 10.1. The maximum atomic E-state index is 13.8. The maximum absolute atomic E-state index is 13.8. The molecule has 0 heterocycles. The number of halogens is 2. The van der Waals surface area contributed by atoms with Crippen molar-refractivity contribution < 1.29 is 22.7 Å². The molecular formula is C25H33Cl2N3O5S. The Morgan fingerprint density at radius 3 is 2.31 bits per heavy atom. The molecule has 1 N–H and O–H groups in total. The number of methoxy groups -OCH3 is 1. The molecule has 2 aromatic rings. The molecule has 2 rings (SSSR count). The standard InChI is InChI=1S/C25H33Cl2N3O5S/c1-7-21(25(32)28-16(2)3)29(14-18-9-10-19(26)13-20(18)27)24(31)15-30(36(6,33)34)22-12-17(4)8-11-23(22)35-5/h8-13,16,21H,7,14-15H2,1-6H3,(H,28,32). The van der Waals surface area contributed by atoms with Gasteiger partial charge in [-0.2, -0.15) is 0 Å². The molecule has 1 unspecified atom stereocenters. The number of rotatable bonds is 11. The Balaban J connectivity index is 2.55. The number of aryl methyl sites for hydroxylation is 1. The van der Waals surface area contributed by atoms with Gasteiger partial charge < -0.3 is 15.0 Å². The van der Waals surface area contributed by atoms with Crippen LogP contribution >= 0.6 is 23.2 Å². The number of carbonyl (C=O) groups is 2. The van der Waals surface area contributed by atoms with Crippen LogP contribution in [0.5, 0.6) is 5.75 Å². The average molecular weight is 559 g/mol. The molecule has 0 radical (unpaired) electrons. The SMILES string of the molecule is CCC(C(=O)NC(C)C)N(Cc1ccc(Cl)cc1Cl)C(=O)CN(c1cc(C)ccc1OC)S(C)(=O)=O. The second-order valence-electron chi connectivity index (χ2n) is 8.79. The molecular weight excluding hydrogens is 525 g/mol. The van der Waals surface area contributed by atoms with Crippen molar-refractivity contribution in [3.05, 3.63) is 57.6 Å². The third-order valence-corrected chi connectivity index (χ3v) is 7.17. The first kappa shape index (κ1) is 29.7. The molecule has 0 saturated heterocycles. The van der Waals surface area contributed by atoms with Crippen LogP contribution in [0.15, 0.2) is 36.4 Å². The molecule has 0 aliphatic heterocycles. The van der Waals surface area contributed by atoms with Gasteiger partial charge in [-0.05, 0) is 62.6 Å². The van der Waals surface area contributed by atoms with E-state index in [9.17, 15) is 18.0 Å². The van der Waals surface area contributed by atoms with Gasteiger partial charge in [0.2, 0.25) is 21.8 Å². The van der Waals surface area contributed by atoms with E-state index in [1.165, 1.54) is 12.0 Å². The van der Waals surface area contributed by atoms with Gasteiger partial charge in [-0.3, -0.25) is 13.9 Å². The highest BCUT2D eigenvalue weighted by Gasteiger charge is 2.33. The number of amides is 2. The van der Waals surface area contributed by atoms with E-state index >= 15 is 0 Å². The third kappa shape index (κ3) is 7.75. The van der Waals surface area contributed by atoms with Crippen LogP contribution in [0, 0.1) is 6.92 Å². The smallest absolute Gasteiger partial charge is 0.244 e. The minimum Gasteiger partial charge on any atom is -0.495 e. The number of nitrogens with zero attached hydrogens (tertiary/aromatic N) is 2. The van der Waals surface area contributed by atoms with Crippen molar-refractivity contribution in [2.24, 2.45) is 0 Å². The second kappa shape index (κ2) is 12.7. The van der Waals surface area contributed by atoms with E-state index in [1.54, 1.807) is 43.3 Å². The molecule has 0 aromatic heterocycles. The predicted octanol–water partition coefficient (Wildman–Crippen LogP) is 4.41. The number of anilines is 1. The first-order chi connectivity index (χ1) is 16.8. The molecule has 0 saturated carbocycles. The number of hydrogen-bond acceptors (Lipinski definition) is 5. The van der Waals surface area contributed by atoms with Crippen LogP contribution in [-0.2, 0) is 26.2 Å². The minimum atomic E-state index is -3.89. The number of nitrogens with one attached hydrogen (secondary N) is 1. The second-order valence-corrected chi connectivity index (χ2v) is 11.5. The van der Waals surface area contributed by atoms with Crippen molar-refractivity contribution in [1.29, 1.82) is 0 Å². The molecule has 0 aliphatic carbocycles. The van der Waals surface area contributed by atoms with Crippen molar-refractivity contribution in [2.75, 3.05) is 24.2 Å². The summed E-state index contributed by atoms with van der Waals surface area (Å²) in [6.07, 6.45) is 1.33. The van der Waals surface area contributed by atoms with Gasteiger partial charge in [-0.25, -0.2) is 8.42 Å². The average Bonchev–Trinajstić information content (AvgIpc) is 2.77. The van der Waals surface area contributed by atoms with Gasteiger partial charge in [0, 0.05) is 22.6 Å². The first-order valence-corrected chi connectivity index (χ1v) is 14.0. The molecule has 2 aromatic carbocycles. The Bertz CT molecular complexity index is 1200. The molecule has 198 valence electrons. The Hall–Kier alpha value is -2.49. The van der Waals surface area contributed by atoms with Gasteiger partial charge in [0.1, 0.15) is 18.3 Å². The van der Waals surface area contributed by atoms with Gasteiger partial charge >= 0.3 is 0 Å². The Labute approximate surface area is 223 Å². The van der Waals surface area contributed by atoms with Crippen LogP contribution in [0.1, 0.15) is 38.3 Å². The quantitative estimate of drug-likeness (QED) is 0.441. The van der Waals surface area contributed by atoms with E-state index in [2.05, 4.69) is 5.32 Å². The van der Waals surface area contributed by atoms with Gasteiger partial charge in [-0.1, -0.05) is 42.3 Å². The molecule has 0 aliphatic rings. The van der Waals surface area contributed by atoms with Gasteiger partial charge in [0.15, 0.2) is 0 Å². The van der Waals surface area contributed by atoms with Gasteiger partial charge in [0.25, 0.3) is 0 Å². The van der Waals surface area contributed by atoms with Crippen LogP contribution in [0.3, 0.4) is 0 Å². The Kier molecular flexibility index (Phi) is 10.5. The summed E-state index contributed by atoms with van der Waals surface area (Å²) in [5.74, 6) is -0.610. The topological polar surface area (TPSA) is 96.0 Å². The summed E-state index contributed by atoms with van der Waals surface area (Å²) >= 11 is 12.4. The number of hydrogen-bond donors (Lipinski definition) is 1. The van der Waals surface area contributed by atoms with E-state index < -0.39 is 28.5 Å². The number of ether oxygens (including phenoxy) is 1. The zero-order valence-corrected chi connectivity index (χ0v) is 23.7. The molecule has 1 atom stereocenters. The fraction of sp³-hybridized carbons (Fsp3) is 0.440. The first-order valence-electron chi connectivity index (χ1n) is 11.4. The third-order valence-electron chi connectivity index (χ3n) is 5.45. The molecule has 11 heteroatoms. The van der Waals surface area contributed by atoms with Crippen LogP contribution in [-0.4, -0.2) is 57.1 Å². The monoisotopic (exact) mass is 557 g/mol. The summed E-state index contributed by atoms with van der Waals surface area (Å²) in [4.78, 5) is 28.2. The highest BCUT2D eigenvalue weighted by atomic mass is 35.5. The van der Waals surface area contributed by atoms with Crippen molar-refractivity contribution in [2.45, 2.75) is 52.7 Å². The van der Waals surface area contributed by atoms with Crippen LogP contribution in [0.4, 0.5) is 5.69 Å².